The van der Waals surface area contributed by atoms with E-state index in [0.717, 1.165) is 11.6 Å². The van der Waals surface area contributed by atoms with Crippen molar-refractivity contribution in [1.82, 2.24) is 4.90 Å². The van der Waals surface area contributed by atoms with Crippen molar-refractivity contribution in [2.24, 2.45) is 0 Å². The number of benzene rings is 1. The van der Waals surface area contributed by atoms with Crippen molar-refractivity contribution in [3.63, 3.8) is 0 Å². The Morgan fingerprint density at radius 2 is 2.25 bits per heavy atom. The highest BCUT2D eigenvalue weighted by Gasteiger charge is 2.32. The average molecular weight is 240 g/mol. The van der Waals surface area contributed by atoms with Crippen molar-refractivity contribution in [1.29, 1.82) is 0 Å². The van der Waals surface area contributed by atoms with Crippen molar-refractivity contribution in [2.45, 2.75) is 31.8 Å². The maximum Gasteiger partial charge on any atom is 0.0558 e. The second-order valence-electron chi connectivity index (χ2n) is 4.42. The summed E-state index contributed by atoms with van der Waals surface area (Å²) in [6, 6.07) is 8.98. The van der Waals surface area contributed by atoms with Crippen LogP contribution >= 0.6 is 11.6 Å². The smallest absolute Gasteiger partial charge is 0.0558 e. The van der Waals surface area contributed by atoms with Crippen molar-refractivity contribution in [3.05, 3.63) is 34.9 Å². The summed E-state index contributed by atoms with van der Waals surface area (Å²) in [5.41, 5.74) is 1.23. The molecule has 0 radical (unpaired) electrons. The molecule has 0 heterocycles. The maximum atomic E-state index is 9.10. The van der Waals surface area contributed by atoms with Crippen LogP contribution in [0.1, 0.15) is 31.4 Å². The molecule has 1 saturated carbocycles. The summed E-state index contributed by atoms with van der Waals surface area (Å²) in [6.07, 6.45) is 2.51. The van der Waals surface area contributed by atoms with Crippen LogP contribution in [0.5, 0.6) is 0 Å². The molecule has 1 atom stereocenters. The molecule has 1 aromatic carbocycles. The van der Waals surface area contributed by atoms with Crippen LogP contribution < -0.4 is 0 Å². The fourth-order valence-electron chi connectivity index (χ4n) is 2.17. The molecule has 2 nitrogen and oxygen atoms in total. The molecule has 1 aromatic rings. The molecule has 0 amide bonds. The zero-order chi connectivity index (χ0) is 11.5. The summed E-state index contributed by atoms with van der Waals surface area (Å²) < 4.78 is 0. The molecule has 1 fully saturated rings. The van der Waals surface area contributed by atoms with E-state index in [-0.39, 0.29) is 6.61 Å². The minimum Gasteiger partial charge on any atom is -0.395 e. The second-order valence-corrected chi connectivity index (χ2v) is 4.86. The molecule has 0 aliphatic heterocycles. The third kappa shape index (κ3) is 2.76. The molecule has 16 heavy (non-hydrogen) atoms. The number of hydrogen-bond acceptors (Lipinski definition) is 2. The first kappa shape index (κ1) is 11.9. The van der Waals surface area contributed by atoms with Gasteiger partial charge in [0.2, 0.25) is 0 Å². The van der Waals surface area contributed by atoms with E-state index in [9.17, 15) is 0 Å². The van der Waals surface area contributed by atoms with E-state index in [2.05, 4.69) is 17.9 Å². The molecule has 2 rings (SSSR count). The van der Waals surface area contributed by atoms with E-state index in [1.54, 1.807) is 0 Å². The zero-order valence-electron chi connectivity index (χ0n) is 9.56. The quantitative estimate of drug-likeness (QED) is 0.854. The highest BCUT2D eigenvalue weighted by Crippen LogP contribution is 2.34. The monoisotopic (exact) mass is 239 g/mol. The van der Waals surface area contributed by atoms with E-state index in [1.807, 2.05) is 18.2 Å². The maximum absolute atomic E-state index is 9.10. The molecule has 1 unspecified atom stereocenters. The van der Waals surface area contributed by atoms with E-state index in [0.29, 0.717) is 12.1 Å². The lowest BCUT2D eigenvalue weighted by atomic mass is 10.1. The van der Waals surface area contributed by atoms with Gasteiger partial charge in [-0.05, 0) is 37.5 Å². The molecule has 0 saturated heterocycles. The normalized spacial score (nSPS) is 17.8. The van der Waals surface area contributed by atoms with Gasteiger partial charge in [-0.1, -0.05) is 23.7 Å². The first-order valence-electron chi connectivity index (χ1n) is 5.84. The Morgan fingerprint density at radius 3 is 2.81 bits per heavy atom. The Labute approximate surface area is 102 Å². The van der Waals surface area contributed by atoms with Crippen LogP contribution in [0.3, 0.4) is 0 Å². The third-order valence-corrected chi connectivity index (χ3v) is 3.44. The molecule has 0 aromatic heterocycles. The van der Waals surface area contributed by atoms with Crippen LogP contribution in [0.4, 0.5) is 0 Å². The molecule has 88 valence electrons. The number of aliphatic hydroxyl groups excluding tert-OH is 1. The zero-order valence-corrected chi connectivity index (χ0v) is 10.3. The fourth-order valence-corrected chi connectivity index (χ4v) is 2.37. The summed E-state index contributed by atoms with van der Waals surface area (Å²) in [6.45, 7) is 3.15. The lowest BCUT2D eigenvalue weighted by molar-refractivity contribution is 0.151. The lowest BCUT2D eigenvalue weighted by Gasteiger charge is -2.28. The van der Waals surface area contributed by atoms with Crippen LogP contribution in [-0.2, 0) is 0 Å². The van der Waals surface area contributed by atoms with Gasteiger partial charge in [0, 0.05) is 23.7 Å². The standard InChI is InChI=1S/C13H18ClNO/c1-10(11-3-2-4-12(14)9-11)15(7-8-16)13-5-6-13/h2-4,9-10,13,16H,5-8H2,1H3. The largest absolute Gasteiger partial charge is 0.395 e. The lowest BCUT2D eigenvalue weighted by Crippen LogP contribution is -2.31. The molecular weight excluding hydrogens is 222 g/mol. The summed E-state index contributed by atoms with van der Waals surface area (Å²) in [5, 5.41) is 9.88. The first-order chi connectivity index (χ1) is 7.72. The number of aliphatic hydroxyl groups is 1. The van der Waals surface area contributed by atoms with Crippen molar-refractivity contribution in [2.75, 3.05) is 13.2 Å². The molecular formula is C13H18ClNO. The Kier molecular flexibility index (Phi) is 3.85. The second kappa shape index (κ2) is 5.17. The van der Waals surface area contributed by atoms with E-state index in [4.69, 9.17) is 16.7 Å². The minimum atomic E-state index is 0.224. The predicted molar refractivity (Wildman–Crippen MR) is 66.7 cm³/mol. The number of halogens is 1. The Morgan fingerprint density at radius 1 is 1.50 bits per heavy atom. The summed E-state index contributed by atoms with van der Waals surface area (Å²) in [7, 11) is 0. The summed E-state index contributed by atoms with van der Waals surface area (Å²) in [4.78, 5) is 2.37. The molecule has 1 N–H and O–H groups in total. The number of nitrogens with zero attached hydrogens (tertiary/aromatic N) is 1. The van der Waals surface area contributed by atoms with Crippen molar-refractivity contribution < 1.29 is 5.11 Å². The minimum absolute atomic E-state index is 0.224. The molecule has 1 aliphatic carbocycles. The van der Waals surface area contributed by atoms with Gasteiger partial charge in [-0.2, -0.15) is 0 Å². The highest BCUT2D eigenvalue weighted by atomic mass is 35.5. The Hall–Kier alpha value is -0.570. The first-order valence-corrected chi connectivity index (χ1v) is 6.22. The molecule has 3 heteroatoms. The van der Waals surface area contributed by atoms with E-state index in [1.165, 1.54) is 18.4 Å². The van der Waals surface area contributed by atoms with Crippen LogP contribution in [0.25, 0.3) is 0 Å². The average Bonchev–Trinajstić information content (AvgIpc) is 3.09. The SMILES string of the molecule is CC(c1cccc(Cl)c1)N(CCO)C1CC1. The van der Waals surface area contributed by atoms with Crippen LogP contribution in [-0.4, -0.2) is 29.2 Å². The van der Waals surface area contributed by atoms with Crippen LogP contribution in [0.2, 0.25) is 5.02 Å². The Balaban J connectivity index is 2.12. The predicted octanol–water partition coefficient (Wildman–Crippen LogP) is 2.86. The van der Waals surface area contributed by atoms with Gasteiger partial charge in [-0.15, -0.1) is 0 Å². The summed E-state index contributed by atoms with van der Waals surface area (Å²) in [5.74, 6) is 0. The van der Waals surface area contributed by atoms with Gasteiger partial charge in [0.05, 0.1) is 6.61 Å². The molecule has 0 bridgehead atoms. The Bertz CT molecular complexity index is 352. The van der Waals surface area contributed by atoms with E-state index < -0.39 is 0 Å². The fraction of sp³-hybridized carbons (Fsp3) is 0.538. The number of rotatable bonds is 5. The topological polar surface area (TPSA) is 23.5 Å². The van der Waals surface area contributed by atoms with Crippen LogP contribution in [0.15, 0.2) is 24.3 Å². The van der Waals surface area contributed by atoms with Gasteiger partial charge in [-0.25, -0.2) is 0 Å². The van der Waals surface area contributed by atoms with Gasteiger partial charge in [0.1, 0.15) is 0 Å². The van der Waals surface area contributed by atoms with Gasteiger partial charge in [-0.3, -0.25) is 4.90 Å². The van der Waals surface area contributed by atoms with Gasteiger partial charge in [0.25, 0.3) is 0 Å². The molecule has 0 spiro atoms. The van der Waals surface area contributed by atoms with Gasteiger partial charge < -0.3 is 5.11 Å². The van der Waals surface area contributed by atoms with Gasteiger partial charge in [0.15, 0.2) is 0 Å². The molecule has 1 aliphatic rings. The van der Waals surface area contributed by atoms with E-state index >= 15 is 0 Å². The highest BCUT2D eigenvalue weighted by molar-refractivity contribution is 6.30. The number of hydrogen-bond donors (Lipinski definition) is 1. The summed E-state index contributed by atoms with van der Waals surface area (Å²) >= 11 is 6.00. The van der Waals surface area contributed by atoms with Crippen molar-refractivity contribution >= 4 is 11.6 Å². The van der Waals surface area contributed by atoms with Crippen LogP contribution in [0, 0.1) is 0 Å². The van der Waals surface area contributed by atoms with Crippen molar-refractivity contribution in [3.8, 4) is 0 Å². The van der Waals surface area contributed by atoms with Gasteiger partial charge >= 0.3 is 0 Å². The third-order valence-electron chi connectivity index (χ3n) is 3.20.